The highest BCUT2D eigenvalue weighted by molar-refractivity contribution is 7.89. The van der Waals surface area contributed by atoms with Gasteiger partial charge in [-0.2, -0.15) is 18.4 Å². The molecule has 0 spiro atoms. The van der Waals surface area contributed by atoms with Crippen molar-refractivity contribution in [2.75, 3.05) is 19.6 Å². The van der Waals surface area contributed by atoms with Crippen molar-refractivity contribution in [2.24, 2.45) is 0 Å². The van der Waals surface area contributed by atoms with Crippen LogP contribution in [0.4, 0.5) is 13.2 Å². The molecule has 23 heavy (non-hydrogen) atoms. The highest BCUT2D eigenvalue weighted by Gasteiger charge is 2.34. The molecule has 1 heterocycles. The van der Waals surface area contributed by atoms with Crippen LogP contribution in [0.15, 0.2) is 34.7 Å². The monoisotopic (exact) mass is 345 g/mol. The molecule has 0 amide bonds. The van der Waals surface area contributed by atoms with Crippen LogP contribution in [-0.4, -0.2) is 28.1 Å². The number of rotatable bonds is 4. The summed E-state index contributed by atoms with van der Waals surface area (Å²) in [5.41, 5.74) is -0.971. The molecule has 0 atom stereocenters. The van der Waals surface area contributed by atoms with Crippen molar-refractivity contribution >= 4 is 10.0 Å². The summed E-state index contributed by atoms with van der Waals surface area (Å²) in [5.74, 6) is 0. The summed E-state index contributed by atoms with van der Waals surface area (Å²) in [6.45, 7) is 1.48. The molecule has 1 aliphatic heterocycles. The van der Waals surface area contributed by atoms with Crippen molar-refractivity contribution < 1.29 is 21.6 Å². The molecular formula is C14H14F3N3O2S. The summed E-state index contributed by atoms with van der Waals surface area (Å²) in [5, 5.41) is 11.9. The number of nitrogens with one attached hydrogen (secondary N) is 2. The van der Waals surface area contributed by atoms with Crippen LogP contribution < -0.4 is 10.0 Å². The average molecular weight is 345 g/mol. The lowest BCUT2D eigenvalue weighted by Gasteiger charge is -2.15. The maximum absolute atomic E-state index is 12.7. The van der Waals surface area contributed by atoms with E-state index in [-0.39, 0.29) is 11.4 Å². The van der Waals surface area contributed by atoms with Gasteiger partial charge in [-0.3, -0.25) is 0 Å². The molecule has 9 heteroatoms. The van der Waals surface area contributed by atoms with Gasteiger partial charge in [-0.05, 0) is 31.2 Å². The Morgan fingerprint density at radius 1 is 1.35 bits per heavy atom. The molecule has 0 unspecified atom stereocenters. The molecule has 5 nitrogen and oxygen atoms in total. The summed E-state index contributed by atoms with van der Waals surface area (Å²) < 4.78 is 64.8. The fourth-order valence-corrected chi connectivity index (χ4v) is 3.19. The van der Waals surface area contributed by atoms with Gasteiger partial charge in [0.2, 0.25) is 10.0 Å². The molecule has 0 aromatic heterocycles. The van der Waals surface area contributed by atoms with Crippen molar-refractivity contribution in [3.8, 4) is 6.07 Å². The molecule has 0 bridgehead atoms. The summed E-state index contributed by atoms with van der Waals surface area (Å²) in [6.07, 6.45) is -2.15. The Labute approximate surface area is 131 Å². The predicted octanol–water partition coefficient (Wildman–Crippen LogP) is 1.78. The smallest absolute Gasteiger partial charge is 0.313 e. The summed E-state index contributed by atoms with van der Waals surface area (Å²) in [7, 11) is -3.98. The first-order valence-corrected chi connectivity index (χ1v) is 8.22. The number of nitrogens with zero attached hydrogens (tertiary/aromatic N) is 1. The highest BCUT2D eigenvalue weighted by Crippen LogP contribution is 2.32. The van der Waals surface area contributed by atoms with E-state index in [1.54, 1.807) is 0 Å². The van der Waals surface area contributed by atoms with Gasteiger partial charge in [0.05, 0.1) is 22.1 Å². The standard InChI is InChI=1S/C14H14F3N3O2S/c15-14(16,17)13-2-1-12(7-11(13)8-18)23(21,22)20-9-10-3-5-19-6-4-10/h1-3,7,19-20H,4-6,9H2. The second-order valence-electron chi connectivity index (χ2n) is 4.96. The Morgan fingerprint density at radius 3 is 2.65 bits per heavy atom. The lowest BCUT2D eigenvalue weighted by atomic mass is 10.1. The number of benzene rings is 1. The van der Waals surface area contributed by atoms with E-state index in [0.717, 1.165) is 24.3 Å². The Bertz CT molecular complexity index is 764. The van der Waals surface area contributed by atoms with E-state index in [1.165, 1.54) is 6.07 Å². The fourth-order valence-electron chi connectivity index (χ4n) is 2.13. The number of halogens is 3. The van der Waals surface area contributed by atoms with Crippen LogP contribution in [0.5, 0.6) is 0 Å². The Balaban J connectivity index is 2.23. The third-order valence-electron chi connectivity index (χ3n) is 3.37. The lowest BCUT2D eigenvalue weighted by molar-refractivity contribution is -0.137. The molecule has 124 valence electrons. The summed E-state index contributed by atoms with van der Waals surface area (Å²) >= 11 is 0. The van der Waals surface area contributed by atoms with Crippen LogP contribution in [0.3, 0.4) is 0 Å². The molecule has 0 saturated heterocycles. The quantitative estimate of drug-likeness (QED) is 0.815. The van der Waals surface area contributed by atoms with Crippen molar-refractivity contribution in [1.29, 1.82) is 5.26 Å². The van der Waals surface area contributed by atoms with Gasteiger partial charge >= 0.3 is 6.18 Å². The molecule has 2 rings (SSSR count). The van der Waals surface area contributed by atoms with E-state index in [0.29, 0.717) is 19.0 Å². The Hall–Kier alpha value is -1.89. The van der Waals surface area contributed by atoms with Crippen molar-refractivity contribution in [3.63, 3.8) is 0 Å². The Kier molecular flexibility index (Phi) is 5.09. The zero-order chi connectivity index (χ0) is 17.1. The van der Waals surface area contributed by atoms with Gasteiger partial charge in [0.1, 0.15) is 0 Å². The topological polar surface area (TPSA) is 82.0 Å². The van der Waals surface area contributed by atoms with Gasteiger partial charge in [0.15, 0.2) is 0 Å². The van der Waals surface area contributed by atoms with E-state index in [2.05, 4.69) is 10.0 Å². The van der Waals surface area contributed by atoms with Gasteiger partial charge in [-0.1, -0.05) is 11.6 Å². The third-order valence-corrected chi connectivity index (χ3v) is 4.77. The van der Waals surface area contributed by atoms with E-state index in [1.807, 2.05) is 6.08 Å². The zero-order valence-corrected chi connectivity index (χ0v) is 12.8. The number of nitriles is 1. The first kappa shape index (κ1) is 17.5. The predicted molar refractivity (Wildman–Crippen MR) is 76.9 cm³/mol. The third kappa shape index (κ3) is 4.31. The number of hydrogen-bond donors (Lipinski definition) is 2. The minimum Gasteiger partial charge on any atom is -0.313 e. The van der Waals surface area contributed by atoms with Crippen molar-refractivity contribution in [3.05, 3.63) is 41.0 Å². The van der Waals surface area contributed by atoms with Crippen LogP contribution in [0.2, 0.25) is 0 Å². The van der Waals surface area contributed by atoms with Crippen LogP contribution in [0, 0.1) is 11.3 Å². The fraction of sp³-hybridized carbons (Fsp3) is 0.357. The van der Waals surface area contributed by atoms with Crippen LogP contribution >= 0.6 is 0 Å². The minimum atomic E-state index is -4.71. The first-order valence-electron chi connectivity index (χ1n) is 6.73. The van der Waals surface area contributed by atoms with Gasteiger partial charge in [0.25, 0.3) is 0 Å². The summed E-state index contributed by atoms with van der Waals surface area (Å²) in [6, 6.07) is 3.58. The van der Waals surface area contributed by atoms with E-state index in [9.17, 15) is 21.6 Å². The van der Waals surface area contributed by atoms with E-state index >= 15 is 0 Å². The van der Waals surface area contributed by atoms with Gasteiger partial charge in [-0.25, -0.2) is 13.1 Å². The maximum Gasteiger partial charge on any atom is 0.417 e. The number of sulfonamides is 1. The van der Waals surface area contributed by atoms with E-state index < -0.39 is 27.3 Å². The van der Waals surface area contributed by atoms with Crippen LogP contribution in [-0.2, 0) is 16.2 Å². The molecular weight excluding hydrogens is 331 g/mol. The first-order chi connectivity index (χ1) is 10.7. The van der Waals surface area contributed by atoms with Gasteiger partial charge < -0.3 is 5.32 Å². The molecule has 0 radical (unpaired) electrons. The largest absolute Gasteiger partial charge is 0.417 e. The Morgan fingerprint density at radius 2 is 2.09 bits per heavy atom. The van der Waals surface area contributed by atoms with Crippen molar-refractivity contribution in [1.82, 2.24) is 10.0 Å². The lowest BCUT2D eigenvalue weighted by Crippen LogP contribution is -2.29. The van der Waals surface area contributed by atoms with Gasteiger partial charge in [-0.15, -0.1) is 0 Å². The molecule has 0 aliphatic carbocycles. The zero-order valence-electron chi connectivity index (χ0n) is 11.9. The van der Waals surface area contributed by atoms with E-state index in [4.69, 9.17) is 5.26 Å². The molecule has 0 saturated carbocycles. The second kappa shape index (κ2) is 6.70. The molecule has 1 aliphatic rings. The molecule has 1 aromatic carbocycles. The van der Waals surface area contributed by atoms with Gasteiger partial charge in [0, 0.05) is 13.1 Å². The SMILES string of the molecule is N#Cc1cc(S(=O)(=O)NCC2=CCNCC2)ccc1C(F)(F)F. The second-order valence-corrected chi connectivity index (χ2v) is 6.72. The van der Waals surface area contributed by atoms with Crippen LogP contribution in [0.1, 0.15) is 17.5 Å². The summed E-state index contributed by atoms with van der Waals surface area (Å²) in [4.78, 5) is -0.364. The van der Waals surface area contributed by atoms with Crippen molar-refractivity contribution in [2.45, 2.75) is 17.5 Å². The number of alkyl halides is 3. The number of hydrogen-bond acceptors (Lipinski definition) is 4. The molecule has 1 aromatic rings. The minimum absolute atomic E-state index is 0.0902. The van der Waals surface area contributed by atoms with Crippen LogP contribution in [0.25, 0.3) is 0 Å². The normalized spacial score (nSPS) is 15.8. The highest BCUT2D eigenvalue weighted by atomic mass is 32.2. The maximum atomic E-state index is 12.7. The molecule has 0 fully saturated rings. The average Bonchev–Trinajstić information content (AvgIpc) is 2.52. The molecule has 2 N–H and O–H groups in total.